The van der Waals surface area contributed by atoms with Crippen LogP contribution in [0.15, 0.2) is 11.1 Å². The van der Waals surface area contributed by atoms with E-state index in [1.54, 1.807) is 0 Å². The summed E-state index contributed by atoms with van der Waals surface area (Å²) in [6.07, 6.45) is 3.39. The third-order valence-electron chi connectivity index (χ3n) is 2.56. The Bertz CT molecular complexity index is 229. The molecule has 0 aliphatic rings. The number of amides is 1. The second kappa shape index (κ2) is 7.49. The van der Waals surface area contributed by atoms with Crippen molar-refractivity contribution >= 4 is 5.91 Å². The Balaban J connectivity index is 4.15. The molecule has 1 N–H and O–H groups in total. The molecule has 0 radical (unpaired) electrons. The van der Waals surface area contributed by atoms with Crippen molar-refractivity contribution in [1.29, 1.82) is 0 Å². The van der Waals surface area contributed by atoms with Crippen LogP contribution >= 0.6 is 0 Å². The quantitative estimate of drug-likeness (QED) is 0.671. The van der Waals surface area contributed by atoms with Crippen molar-refractivity contribution in [2.75, 3.05) is 6.54 Å². The predicted octanol–water partition coefficient (Wildman–Crippen LogP) is 3.29. The van der Waals surface area contributed by atoms with Crippen LogP contribution in [0.4, 0.5) is 0 Å². The lowest BCUT2D eigenvalue weighted by Gasteiger charge is -2.10. The van der Waals surface area contributed by atoms with Crippen molar-refractivity contribution in [3.63, 3.8) is 0 Å². The topological polar surface area (TPSA) is 29.1 Å². The van der Waals surface area contributed by atoms with Crippen molar-refractivity contribution in [2.24, 2.45) is 5.92 Å². The lowest BCUT2D eigenvalue weighted by atomic mass is 10.0. The average Bonchev–Trinajstić information content (AvgIpc) is 2.21. The summed E-state index contributed by atoms with van der Waals surface area (Å²) in [6.45, 7) is 11.1. The minimum atomic E-state index is 0.0947. The number of hydrogen-bond acceptors (Lipinski definition) is 1. The molecule has 0 aromatic heterocycles. The number of allylic oxidation sites excluding steroid dienone is 1. The first kappa shape index (κ1) is 14.2. The maximum absolute atomic E-state index is 11.7. The summed E-state index contributed by atoms with van der Waals surface area (Å²) in [5.41, 5.74) is 2.11. The summed E-state index contributed by atoms with van der Waals surface area (Å²) in [4.78, 5) is 11.7. The molecule has 0 saturated heterocycles. The molecule has 1 amide bonds. The van der Waals surface area contributed by atoms with Crippen molar-refractivity contribution < 1.29 is 4.79 Å². The van der Waals surface area contributed by atoms with Gasteiger partial charge in [-0.1, -0.05) is 32.8 Å². The minimum absolute atomic E-state index is 0.0947. The van der Waals surface area contributed by atoms with E-state index in [4.69, 9.17) is 0 Å². The zero-order valence-electron chi connectivity index (χ0n) is 10.8. The number of nitrogens with one attached hydrogen (secondary N) is 1. The second-order valence-electron chi connectivity index (χ2n) is 4.61. The van der Waals surface area contributed by atoms with Gasteiger partial charge in [0.05, 0.1) is 0 Å². The summed E-state index contributed by atoms with van der Waals surface area (Å²) < 4.78 is 0. The third-order valence-corrected chi connectivity index (χ3v) is 2.56. The fourth-order valence-corrected chi connectivity index (χ4v) is 1.25. The third kappa shape index (κ3) is 6.32. The molecule has 0 atom stereocenters. The molecule has 0 heterocycles. The Hall–Kier alpha value is -0.790. The fourth-order valence-electron chi connectivity index (χ4n) is 1.25. The van der Waals surface area contributed by atoms with Crippen molar-refractivity contribution in [1.82, 2.24) is 5.32 Å². The van der Waals surface area contributed by atoms with Crippen LogP contribution in [-0.2, 0) is 4.79 Å². The minimum Gasteiger partial charge on any atom is -0.352 e. The number of carbonyl (C=O) groups excluding carboxylic acids is 1. The van der Waals surface area contributed by atoms with Crippen LogP contribution in [0.3, 0.4) is 0 Å². The molecule has 0 fully saturated rings. The lowest BCUT2D eigenvalue weighted by molar-refractivity contribution is -0.117. The van der Waals surface area contributed by atoms with Gasteiger partial charge in [-0.2, -0.15) is 0 Å². The molecule has 0 aromatic carbocycles. The van der Waals surface area contributed by atoms with Crippen molar-refractivity contribution in [3.05, 3.63) is 11.1 Å². The van der Waals surface area contributed by atoms with Crippen LogP contribution in [0.1, 0.15) is 53.9 Å². The van der Waals surface area contributed by atoms with Crippen LogP contribution in [0.2, 0.25) is 0 Å². The van der Waals surface area contributed by atoms with Gasteiger partial charge in [0.25, 0.3) is 0 Å². The highest BCUT2D eigenvalue weighted by atomic mass is 16.1. The normalized spacial score (nSPS) is 12.7. The van der Waals surface area contributed by atoms with Crippen LogP contribution < -0.4 is 5.32 Å². The van der Waals surface area contributed by atoms with Gasteiger partial charge in [-0.05, 0) is 32.6 Å². The first-order valence-corrected chi connectivity index (χ1v) is 5.93. The molecule has 15 heavy (non-hydrogen) atoms. The van der Waals surface area contributed by atoms with Crippen molar-refractivity contribution in [2.45, 2.75) is 53.9 Å². The summed E-state index contributed by atoms with van der Waals surface area (Å²) in [5.74, 6) is 0.606. The van der Waals surface area contributed by atoms with E-state index in [9.17, 15) is 4.79 Å². The maximum Gasteiger partial charge on any atom is 0.246 e. The zero-order valence-corrected chi connectivity index (χ0v) is 10.8. The molecule has 0 aliphatic carbocycles. The van der Waals surface area contributed by atoms with Gasteiger partial charge in [0, 0.05) is 12.1 Å². The van der Waals surface area contributed by atoms with Gasteiger partial charge in [-0.3, -0.25) is 4.79 Å². The van der Waals surface area contributed by atoms with Crippen LogP contribution in [0.5, 0.6) is 0 Å². The first-order valence-electron chi connectivity index (χ1n) is 5.93. The Morgan fingerprint density at radius 3 is 2.33 bits per heavy atom. The molecule has 2 heteroatoms. The van der Waals surface area contributed by atoms with Crippen LogP contribution in [-0.4, -0.2) is 12.5 Å². The van der Waals surface area contributed by atoms with Gasteiger partial charge >= 0.3 is 0 Å². The maximum atomic E-state index is 11.7. The van der Waals surface area contributed by atoms with E-state index >= 15 is 0 Å². The Morgan fingerprint density at radius 2 is 1.87 bits per heavy atom. The van der Waals surface area contributed by atoms with Gasteiger partial charge in [-0.15, -0.1) is 0 Å². The SMILES string of the molecule is CCCC/C(C)=C(\C)C(=O)NCC(C)C. The molecule has 0 saturated carbocycles. The lowest BCUT2D eigenvalue weighted by Crippen LogP contribution is -2.28. The first-order chi connectivity index (χ1) is 6.99. The Kier molecular flexibility index (Phi) is 7.10. The molecule has 0 bridgehead atoms. The summed E-state index contributed by atoms with van der Waals surface area (Å²) in [7, 11) is 0. The predicted molar refractivity (Wildman–Crippen MR) is 65.7 cm³/mol. The summed E-state index contributed by atoms with van der Waals surface area (Å²) in [5, 5.41) is 2.94. The molecule has 88 valence electrons. The van der Waals surface area contributed by atoms with E-state index in [0.717, 1.165) is 18.5 Å². The number of hydrogen-bond donors (Lipinski definition) is 1. The van der Waals surface area contributed by atoms with Gasteiger partial charge in [0.1, 0.15) is 0 Å². The molecule has 0 rings (SSSR count). The van der Waals surface area contributed by atoms with Gasteiger partial charge in [0.15, 0.2) is 0 Å². The number of carbonyl (C=O) groups is 1. The smallest absolute Gasteiger partial charge is 0.246 e. The van der Waals surface area contributed by atoms with Crippen molar-refractivity contribution in [3.8, 4) is 0 Å². The highest BCUT2D eigenvalue weighted by molar-refractivity contribution is 5.93. The Morgan fingerprint density at radius 1 is 1.27 bits per heavy atom. The number of rotatable bonds is 6. The van der Waals surface area contributed by atoms with Crippen LogP contribution in [0, 0.1) is 5.92 Å². The highest BCUT2D eigenvalue weighted by Gasteiger charge is 2.07. The summed E-state index contributed by atoms with van der Waals surface area (Å²) in [6, 6.07) is 0. The van der Waals surface area contributed by atoms with E-state index in [1.807, 2.05) is 6.92 Å². The molecule has 0 unspecified atom stereocenters. The van der Waals surface area contributed by atoms with E-state index in [1.165, 1.54) is 18.4 Å². The van der Waals surface area contributed by atoms with E-state index in [2.05, 4.69) is 33.0 Å². The van der Waals surface area contributed by atoms with E-state index < -0.39 is 0 Å². The molecular formula is C13H25NO. The monoisotopic (exact) mass is 211 g/mol. The largest absolute Gasteiger partial charge is 0.352 e. The number of unbranched alkanes of at least 4 members (excludes halogenated alkanes) is 1. The summed E-state index contributed by atoms with van der Waals surface area (Å²) >= 11 is 0. The molecule has 0 spiro atoms. The molecule has 0 aliphatic heterocycles. The molecule has 0 aromatic rings. The van der Waals surface area contributed by atoms with Gasteiger partial charge in [-0.25, -0.2) is 0 Å². The molecular weight excluding hydrogens is 186 g/mol. The average molecular weight is 211 g/mol. The second-order valence-corrected chi connectivity index (χ2v) is 4.61. The zero-order chi connectivity index (χ0) is 11.8. The van der Waals surface area contributed by atoms with E-state index in [0.29, 0.717) is 5.92 Å². The Labute approximate surface area is 94.1 Å². The molecule has 2 nitrogen and oxygen atoms in total. The fraction of sp³-hybridized carbons (Fsp3) is 0.769. The van der Waals surface area contributed by atoms with Crippen LogP contribution in [0.25, 0.3) is 0 Å². The van der Waals surface area contributed by atoms with E-state index in [-0.39, 0.29) is 5.91 Å². The van der Waals surface area contributed by atoms with Gasteiger partial charge < -0.3 is 5.32 Å². The highest BCUT2D eigenvalue weighted by Crippen LogP contribution is 2.11. The van der Waals surface area contributed by atoms with Gasteiger partial charge in [0.2, 0.25) is 5.91 Å². The standard InChI is InChI=1S/C13H25NO/c1-6-7-8-11(4)12(5)13(15)14-9-10(2)3/h10H,6-9H2,1-5H3,(H,14,15)/b12-11+.